The highest BCUT2D eigenvalue weighted by Crippen LogP contribution is 2.65. The lowest BCUT2D eigenvalue weighted by Gasteiger charge is -2.62. The molecule has 0 aliphatic carbocycles. The Kier molecular flexibility index (Phi) is 12.3. The van der Waals surface area contributed by atoms with E-state index in [1.807, 2.05) is 0 Å². The molecule has 4 bridgehead atoms. The van der Waals surface area contributed by atoms with Gasteiger partial charge in [-0.05, 0) is 88.9 Å². The number of carbonyl (C=O) groups is 4. The van der Waals surface area contributed by atoms with Gasteiger partial charge in [0.25, 0.3) is 0 Å². The van der Waals surface area contributed by atoms with Crippen molar-refractivity contribution >= 4 is 35.8 Å². The zero-order valence-electron chi connectivity index (χ0n) is 39.3. The number of rotatable bonds is 5. The standard InChI is InChI=1S/C47H46F6N4O13S/c1-19-11-22-12-24-25(15-54)57-26-16-64-40(58)45(23-14-27(62-7)28(13-21(23)9-10-55-45)67-43(61)70-44(3,4)5)17-71-39(31-30(26)37-36(65-18-66-37)20(2)35(31)68-41(59)46(48,49)50)33(57)32(56(24)6)29(22)38(34(19)63-8)69-42(60)47(51,52)53/h11,13-14,24-26,32-33,39,55H,9-10,12,16-18H2,1-8H3/t24?,25-,26-,32+,33?,39+,45+/m0/s1. The van der Waals surface area contributed by atoms with Crippen molar-refractivity contribution in [3.8, 4) is 46.3 Å². The number of ether oxygens (including phenoxy) is 9. The van der Waals surface area contributed by atoms with Crippen molar-refractivity contribution in [2.75, 3.05) is 47.0 Å². The molecule has 24 heteroatoms. The Morgan fingerprint density at radius 1 is 0.859 bits per heavy atom. The summed E-state index contributed by atoms with van der Waals surface area (Å²) in [4.78, 5) is 57.3. The number of thioether (sulfide) groups is 1. The number of halogens is 6. The van der Waals surface area contributed by atoms with Gasteiger partial charge in [-0.15, -0.1) is 11.8 Å². The van der Waals surface area contributed by atoms with Crippen LogP contribution in [0.2, 0.25) is 0 Å². The van der Waals surface area contributed by atoms with Crippen LogP contribution in [0.1, 0.15) is 82.6 Å². The molecule has 2 fully saturated rings. The molecule has 0 radical (unpaired) electrons. The average Bonchev–Trinajstić information content (AvgIpc) is 3.78. The van der Waals surface area contributed by atoms with Crippen molar-refractivity contribution in [3.05, 3.63) is 62.7 Å². The maximum atomic E-state index is 15.1. The second kappa shape index (κ2) is 17.6. The van der Waals surface area contributed by atoms with Gasteiger partial charge in [-0.25, -0.2) is 19.2 Å². The molecule has 7 aliphatic rings. The molecule has 1 N–H and O–H groups in total. The predicted molar refractivity (Wildman–Crippen MR) is 234 cm³/mol. The second-order valence-corrected chi connectivity index (χ2v) is 19.9. The molecule has 10 rings (SSSR count). The minimum atomic E-state index is -5.51. The van der Waals surface area contributed by atoms with Gasteiger partial charge in [0.15, 0.2) is 40.0 Å². The summed E-state index contributed by atoms with van der Waals surface area (Å²) < 4.78 is 136. The van der Waals surface area contributed by atoms with Crippen molar-refractivity contribution in [1.29, 1.82) is 5.26 Å². The summed E-state index contributed by atoms with van der Waals surface area (Å²) >= 11 is 0.992. The topological polar surface area (TPSA) is 194 Å². The fourth-order valence-electron chi connectivity index (χ4n) is 10.8. The Morgan fingerprint density at radius 2 is 1.54 bits per heavy atom. The van der Waals surface area contributed by atoms with E-state index >= 15 is 4.79 Å². The minimum absolute atomic E-state index is 0.0103. The van der Waals surface area contributed by atoms with Crippen molar-refractivity contribution in [2.45, 2.75) is 106 Å². The van der Waals surface area contributed by atoms with Gasteiger partial charge in [0.2, 0.25) is 6.79 Å². The summed E-state index contributed by atoms with van der Waals surface area (Å²) in [5, 5.41) is 13.3. The molecule has 1 spiro atoms. The second-order valence-electron chi connectivity index (χ2n) is 18.8. The van der Waals surface area contributed by atoms with Crippen LogP contribution in [0.15, 0.2) is 18.2 Å². The number of hydrogen-bond acceptors (Lipinski definition) is 18. The van der Waals surface area contributed by atoms with Gasteiger partial charge < -0.3 is 42.6 Å². The van der Waals surface area contributed by atoms with Crippen LogP contribution in [-0.2, 0) is 42.2 Å². The van der Waals surface area contributed by atoms with Gasteiger partial charge in [-0.1, -0.05) is 6.07 Å². The Hall–Kier alpha value is -6.16. The highest BCUT2D eigenvalue weighted by Gasteiger charge is 2.62. The maximum absolute atomic E-state index is 15.1. The number of methoxy groups -OCH3 is 2. The third kappa shape index (κ3) is 8.17. The first kappa shape index (κ1) is 49.8. The summed E-state index contributed by atoms with van der Waals surface area (Å²) in [6, 6.07) is 1.48. The number of hydrogen-bond donors (Lipinski definition) is 1. The monoisotopic (exact) mass is 1020 g/mol. The Morgan fingerprint density at radius 3 is 2.17 bits per heavy atom. The number of benzene rings is 3. The fraction of sp³-hybridized carbons (Fsp3) is 0.511. The number of nitriles is 1. The number of esters is 3. The number of nitrogens with zero attached hydrogens (tertiary/aromatic N) is 3. The van der Waals surface area contributed by atoms with E-state index in [1.165, 1.54) is 33.3 Å². The SMILES string of the molecule is COc1cc2c(cc1OC(=O)OC(C)(C)C)CCN[C@]21CS[C@@H]2c3c(OC(=O)C(F)(F)F)c(C)c4c(c3[C@H](COC1=O)N1C2[C@H]2c3c(cc(C)c(OC)c3OC(=O)C(F)(F)F)CC([C@@H]1C#N)N2C)OCO4. The van der Waals surface area contributed by atoms with Gasteiger partial charge in [0.1, 0.15) is 24.0 Å². The first-order valence-corrected chi connectivity index (χ1v) is 23.2. The molecule has 71 heavy (non-hydrogen) atoms. The lowest BCUT2D eigenvalue weighted by molar-refractivity contribution is -0.190. The number of fused-ring (bicyclic) bond motifs is 9. The summed E-state index contributed by atoms with van der Waals surface area (Å²) in [6.45, 7) is 6.95. The van der Waals surface area contributed by atoms with E-state index < -0.39 is 108 Å². The van der Waals surface area contributed by atoms with Gasteiger partial charge in [0, 0.05) is 46.6 Å². The van der Waals surface area contributed by atoms with Crippen molar-refractivity contribution < 1.29 is 88.2 Å². The molecule has 0 saturated carbocycles. The van der Waals surface area contributed by atoms with Gasteiger partial charge >= 0.3 is 36.4 Å². The van der Waals surface area contributed by atoms with Crippen molar-refractivity contribution in [3.63, 3.8) is 0 Å². The normalized spacial score (nSPS) is 25.6. The number of piperazine rings is 1. The third-order valence-electron chi connectivity index (χ3n) is 13.6. The number of carbonyl (C=O) groups excluding carboxylic acids is 4. The highest BCUT2D eigenvalue weighted by atomic mass is 32.2. The van der Waals surface area contributed by atoms with E-state index in [1.54, 1.807) is 50.6 Å². The van der Waals surface area contributed by atoms with Crippen LogP contribution >= 0.6 is 11.8 Å². The van der Waals surface area contributed by atoms with Crippen LogP contribution in [0.25, 0.3) is 0 Å². The average molecular weight is 1020 g/mol. The summed E-state index contributed by atoms with van der Waals surface area (Å²) in [7, 11) is 4.12. The molecule has 0 amide bonds. The molecule has 2 saturated heterocycles. The molecule has 7 heterocycles. The molecule has 3 aromatic rings. The highest BCUT2D eigenvalue weighted by molar-refractivity contribution is 7.99. The van der Waals surface area contributed by atoms with Crippen LogP contribution in [0.4, 0.5) is 31.1 Å². The molecule has 7 atom stereocenters. The molecule has 7 aliphatic heterocycles. The molecule has 2 unspecified atom stereocenters. The van der Waals surface area contributed by atoms with Crippen LogP contribution in [0.3, 0.4) is 0 Å². The van der Waals surface area contributed by atoms with E-state index in [2.05, 4.69) is 11.4 Å². The van der Waals surface area contributed by atoms with Crippen LogP contribution in [-0.4, -0.2) is 117 Å². The molecule has 3 aromatic carbocycles. The Bertz CT molecular complexity index is 2810. The summed E-state index contributed by atoms with van der Waals surface area (Å²) in [5.74, 6) is -7.70. The molecular formula is C47H46F6N4O13S. The zero-order valence-corrected chi connectivity index (χ0v) is 40.1. The first-order valence-electron chi connectivity index (χ1n) is 22.1. The first-order chi connectivity index (χ1) is 33.3. The van der Waals surface area contributed by atoms with Crippen molar-refractivity contribution in [2.24, 2.45) is 0 Å². The van der Waals surface area contributed by atoms with E-state index in [0.29, 0.717) is 22.3 Å². The van der Waals surface area contributed by atoms with Gasteiger partial charge in [0.05, 0.1) is 37.6 Å². The number of nitrogens with one attached hydrogen (secondary N) is 1. The third-order valence-corrected chi connectivity index (χ3v) is 15.1. The van der Waals surface area contributed by atoms with E-state index in [0.717, 1.165) is 11.8 Å². The zero-order chi connectivity index (χ0) is 51.4. The smallest absolute Gasteiger partial charge is 0.493 e. The van der Waals surface area contributed by atoms with E-state index in [9.17, 15) is 46.0 Å². The largest absolute Gasteiger partial charge is 0.514 e. The molecule has 380 valence electrons. The molecular weight excluding hydrogens is 975 g/mol. The van der Waals surface area contributed by atoms with Gasteiger partial charge in [-0.2, -0.15) is 31.6 Å². The lowest BCUT2D eigenvalue weighted by Crippen LogP contribution is -2.69. The van der Waals surface area contributed by atoms with Crippen LogP contribution in [0, 0.1) is 25.2 Å². The van der Waals surface area contributed by atoms with Gasteiger partial charge in [-0.3, -0.25) is 15.1 Å². The summed E-state index contributed by atoms with van der Waals surface area (Å²) in [6.07, 6.45) is -11.7. The van der Waals surface area contributed by atoms with Crippen LogP contribution < -0.4 is 38.5 Å². The molecule has 0 aromatic heterocycles. The fourth-order valence-corrected chi connectivity index (χ4v) is 12.5. The maximum Gasteiger partial charge on any atom is 0.514 e. The molecule has 17 nitrogen and oxygen atoms in total. The Labute approximate surface area is 405 Å². The number of alkyl halides is 6. The summed E-state index contributed by atoms with van der Waals surface area (Å²) in [5.41, 5.74) is -1.17. The quantitative estimate of drug-likeness (QED) is 0.120. The van der Waals surface area contributed by atoms with E-state index in [4.69, 9.17) is 42.6 Å². The lowest BCUT2D eigenvalue weighted by atomic mass is 9.71. The minimum Gasteiger partial charge on any atom is -0.493 e. The van der Waals surface area contributed by atoms with Crippen molar-refractivity contribution in [1.82, 2.24) is 15.1 Å². The van der Waals surface area contributed by atoms with Crippen LogP contribution in [0.5, 0.6) is 40.2 Å². The number of aryl methyl sites for hydroxylation is 1. The Balaban J connectivity index is 1.30. The predicted octanol–water partition coefficient (Wildman–Crippen LogP) is 6.90. The number of likely N-dealkylation sites (N-methyl/N-ethyl adjacent to an activating group) is 1. The van der Waals surface area contributed by atoms with E-state index in [-0.39, 0.29) is 76.1 Å².